The van der Waals surface area contributed by atoms with Gasteiger partial charge in [0.25, 0.3) is 5.69 Å². The number of rotatable bonds is 6. The third-order valence-corrected chi connectivity index (χ3v) is 3.46. The fraction of sp³-hybridized carbons (Fsp3) is 0.105. The molecule has 0 amide bonds. The van der Waals surface area contributed by atoms with Gasteiger partial charge in [-0.15, -0.1) is 0 Å². The Balaban J connectivity index is 1.75. The molecule has 0 unspecified atom stereocenters. The van der Waals surface area contributed by atoms with E-state index in [0.717, 1.165) is 11.4 Å². The minimum absolute atomic E-state index is 0.0264. The van der Waals surface area contributed by atoms with Crippen LogP contribution in [-0.2, 0) is 0 Å². The quantitative estimate of drug-likeness (QED) is 0.360. The first-order valence-corrected chi connectivity index (χ1v) is 7.77. The van der Waals surface area contributed by atoms with Crippen molar-refractivity contribution < 1.29 is 14.1 Å². The molecule has 0 aliphatic rings. The Labute approximate surface area is 144 Å². The van der Waals surface area contributed by atoms with Gasteiger partial charge in [-0.25, -0.2) is 0 Å². The van der Waals surface area contributed by atoms with Crippen molar-refractivity contribution >= 4 is 17.6 Å². The molecular weight excluding hydrogens is 320 g/mol. The van der Waals surface area contributed by atoms with Crippen molar-refractivity contribution in [2.75, 3.05) is 6.61 Å². The summed E-state index contributed by atoms with van der Waals surface area (Å²) in [4.78, 5) is 14.8. The van der Waals surface area contributed by atoms with Crippen LogP contribution in [0, 0.1) is 10.1 Å². The Morgan fingerprint density at radius 1 is 1.16 bits per heavy atom. The Morgan fingerprint density at radius 2 is 1.96 bits per heavy atom. The first-order chi connectivity index (χ1) is 12.2. The summed E-state index contributed by atoms with van der Waals surface area (Å²) in [5, 5.41) is 10.9. The van der Waals surface area contributed by atoms with Crippen LogP contribution in [0.3, 0.4) is 0 Å². The van der Waals surface area contributed by atoms with Crippen LogP contribution < -0.4 is 4.74 Å². The van der Waals surface area contributed by atoms with E-state index >= 15 is 0 Å². The van der Waals surface area contributed by atoms with E-state index in [9.17, 15) is 10.1 Å². The number of hydrogen-bond acceptors (Lipinski definition) is 5. The molecule has 0 bridgehead atoms. The number of benzene rings is 2. The molecule has 6 nitrogen and oxygen atoms in total. The number of nitro groups is 1. The number of nitro benzene ring substituents is 1. The van der Waals surface area contributed by atoms with Crippen LogP contribution in [-0.4, -0.2) is 17.7 Å². The topological polar surface area (TPSA) is 77.9 Å². The van der Waals surface area contributed by atoms with Crippen LogP contribution in [0.5, 0.6) is 5.75 Å². The van der Waals surface area contributed by atoms with Gasteiger partial charge in [0.15, 0.2) is 0 Å². The van der Waals surface area contributed by atoms with Crippen molar-refractivity contribution in [1.82, 2.24) is 0 Å². The molecule has 0 saturated heterocycles. The molecule has 0 radical (unpaired) electrons. The standard InChI is InChI=1S/C19H16N2O4/c1-2-24-17-8-6-15(7-9-17)20-13-18-10-11-19(25-18)14-4-3-5-16(12-14)21(22)23/h3-13H,2H2,1H3. The first kappa shape index (κ1) is 16.4. The van der Waals surface area contributed by atoms with Gasteiger partial charge >= 0.3 is 0 Å². The van der Waals surface area contributed by atoms with Crippen LogP contribution in [0.25, 0.3) is 11.3 Å². The van der Waals surface area contributed by atoms with E-state index in [4.69, 9.17) is 9.15 Å². The molecule has 3 rings (SSSR count). The van der Waals surface area contributed by atoms with Crippen molar-refractivity contribution in [3.8, 4) is 17.1 Å². The number of nitrogens with zero attached hydrogens (tertiary/aromatic N) is 2. The lowest BCUT2D eigenvalue weighted by Gasteiger charge is -2.01. The number of aliphatic imine (C=N–C) groups is 1. The highest BCUT2D eigenvalue weighted by molar-refractivity contribution is 5.80. The average Bonchev–Trinajstić information content (AvgIpc) is 3.10. The number of hydrogen-bond donors (Lipinski definition) is 0. The summed E-state index contributed by atoms with van der Waals surface area (Å²) in [6, 6.07) is 17.3. The van der Waals surface area contributed by atoms with Crippen molar-refractivity contribution in [1.29, 1.82) is 0 Å². The van der Waals surface area contributed by atoms with Crippen molar-refractivity contribution in [3.05, 3.63) is 76.5 Å². The molecule has 25 heavy (non-hydrogen) atoms. The predicted octanol–water partition coefficient (Wildman–Crippen LogP) is 5.00. The molecule has 0 saturated carbocycles. The average molecular weight is 336 g/mol. The summed E-state index contributed by atoms with van der Waals surface area (Å²) in [6.45, 7) is 2.55. The van der Waals surface area contributed by atoms with Gasteiger partial charge in [-0.05, 0) is 43.3 Å². The molecule has 0 atom stereocenters. The van der Waals surface area contributed by atoms with E-state index in [2.05, 4.69) is 4.99 Å². The van der Waals surface area contributed by atoms with Gasteiger partial charge in [0, 0.05) is 17.7 Å². The molecule has 0 spiro atoms. The molecule has 0 N–H and O–H groups in total. The molecule has 0 aliphatic heterocycles. The van der Waals surface area contributed by atoms with Gasteiger partial charge in [-0.1, -0.05) is 12.1 Å². The van der Waals surface area contributed by atoms with Crippen molar-refractivity contribution in [3.63, 3.8) is 0 Å². The summed E-state index contributed by atoms with van der Waals surface area (Å²) in [7, 11) is 0. The lowest BCUT2D eigenvalue weighted by Crippen LogP contribution is -1.89. The summed E-state index contributed by atoms with van der Waals surface area (Å²) in [6.07, 6.45) is 1.61. The highest BCUT2D eigenvalue weighted by Gasteiger charge is 2.09. The van der Waals surface area contributed by atoms with E-state index in [1.54, 1.807) is 30.5 Å². The van der Waals surface area contributed by atoms with Gasteiger partial charge < -0.3 is 9.15 Å². The van der Waals surface area contributed by atoms with E-state index in [1.165, 1.54) is 12.1 Å². The highest BCUT2D eigenvalue weighted by Crippen LogP contribution is 2.25. The van der Waals surface area contributed by atoms with E-state index in [-0.39, 0.29) is 5.69 Å². The summed E-state index contributed by atoms with van der Waals surface area (Å²) in [5.41, 5.74) is 1.45. The lowest BCUT2D eigenvalue weighted by atomic mass is 10.1. The monoisotopic (exact) mass is 336 g/mol. The maximum Gasteiger partial charge on any atom is 0.270 e. The normalized spacial score (nSPS) is 10.9. The van der Waals surface area contributed by atoms with Gasteiger partial charge in [0.05, 0.1) is 23.4 Å². The van der Waals surface area contributed by atoms with Crippen LogP contribution in [0.4, 0.5) is 11.4 Å². The van der Waals surface area contributed by atoms with E-state index in [1.807, 2.05) is 31.2 Å². The Kier molecular flexibility index (Phi) is 4.89. The third kappa shape index (κ3) is 4.11. The summed E-state index contributed by atoms with van der Waals surface area (Å²) >= 11 is 0. The van der Waals surface area contributed by atoms with Crippen LogP contribution in [0.2, 0.25) is 0 Å². The summed E-state index contributed by atoms with van der Waals surface area (Å²) in [5.74, 6) is 1.92. The third-order valence-electron chi connectivity index (χ3n) is 3.46. The second-order valence-electron chi connectivity index (χ2n) is 5.19. The SMILES string of the molecule is CCOc1ccc(N=Cc2ccc(-c3cccc([N+](=O)[O-])c3)o2)cc1. The molecule has 6 heteroatoms. The Bertz CT molecular complexity index is 898. The van der Waals surface area contributed by atoms with Gasteiger partial charge in [0.1, 0.15) is 17.3 Å². The fourth-order valence-electron chi connectivity index (χ4n) is 2.28. The van der Waals surface area contributed by atoms with E-state index in [0.29, 0.717) is 23.7 Å². The van der Waals surface area contributed by atoms with Crippen molar-refractivity contribution in [2.45, 2.75) is 6.92 Å². The molecule has 1 heterocycles. The number of ether oxygens (including phenoxy) is 1. The second kappa shape index (κ2) is 7.44. The molecule has 2 aromatic carbocycles. The molecule has 0 fully saturated rings. The van der Waals surface area contributed by atoms with Crippen molar-refractivity contribution in [2.24, 2.45) is 4.99 Å². The molecular formula is C19H16N2O4. The van der Waals surface area contributed by atoms with Gasteiger partial charge in [-0.2, -0.15) is 0 Å². The zero-order chi connectivity index (χ0) is 17.6. The molecule has 3 aromatic rings. The highest BCUT2D eigenvalue weighted by atomic mass is 16.6. The number of furan rings is 1. The minimum Gasteiger partial charge on any atom is -0.494 e. The Hall–Kier alpha value is -3.41. The van der Waals surface area contributed by atoms with Gasteiger partial charge in [0.2, 0.25) is 0 Å². The predicted molar refractivity (Wildman–Crippen MR) is 95.7 cm³/mol. The zero-order valence-electron chi connectivity index (χ0n) is 13.6. The fourth-order valence-corrected chi connectivity index (χ4v) is 2.28. The zero-order valence-corrected chi connectivity index (χ0v) is 13.6. The van der Waals surface area contributed by atoms with E-state index < -0.39 is 4.92 Å². The molecule has 0 aliphatic carbocycles. The largest absolute Gasteiger partial charge is 0.494 e. The van der Waals surface area contributed by atoms with Gasteiger partial charge in [-0.3, -0.25) is 15.1 Å². The molecule has 1 aromatic heterocycles. The maximum atomic E-state index is 10.9. The Morgan fingerprint density at radius 3 is 2.68 bits per heavy atom. The van der Waals surface area contributed by atoms with Crippen LogP contribution in [0.1, 0.15) is 12.7 Å². The smallest absolute Gasteiger partial charge is 0.270 e. The lowest BCUT2D eigenvalue weighted by molar-refractivity contribution is -0.384. The molecule has 126 valence electrons. The van der Waals surface area contributed by atoms with Crippen LogP contribution in [0.15, 0.2) is 70.1 Å². The minimum atomic E-state index is -0.430. The first-order valence-electron chi connectivity index (χ1n) is 7.77. The van der Waals surface area contributed by atoms with Crippen LogP contribution >= 0.6 is 0 Å². The maximum absolute atomic E-state index is 10.9. The number of non-ortho nitro benzene ring substituents is 1. The summed E-state index contributed by atoms with van der Waals surface area (Å²) < 4.78 is 11.1. The second-order valence-corrected chi connectivity index (χ2v) is 5.19.